The van der Waals surface area contributed by atoms with Gasteiger partial charge in [0.15, 0.2) is 0 Å². The van der Waals surface area contributed by atoms with Gasteiger partial charge in [0.05, 0.1) is 18.8 Å². The first-order chi connectivity index (χ1) is 13.3. The Hall–Kier alpha value is -2.69. The lowest BCUT2D eigenvalue weighted by molar-refractivity contribution is -0.119. The molecule has 5 nitrogen and oxygen atoms in total. The van der Waals surface area contributed by atoms with Crippen LogP contribution in [0.25, 0.3) is 0 Å². The van der Waals surface area contributed by atoms with E-state index < -0.39 is 0 Å². The van der Waals surface area contributed by atoms with Crippen LogP contribution < -0.4 is 19.9 Å². The second kappa shape index (κ2) is 9.86. The smallest absolute Gasteiger partial charge is 0.239 e. The molecule has 144 valence electrons. The van der Waals surface area contributed by atoms with Crippen LogP contribution in [0.1, 0.15) is 19.8 Å². The summed E-state index contributed by atoms with van der Waals surface area (Å²) < 4.78 is 5.76. The molecule has 3 rings (SSSR count). The normalized spacial score (nSPS) is 13.3. The molecule has 5 heteroatoms. The summed E-state index contributed by atoms with van der Waals surface area (Å²) in [5, 5.41) is 3.06. The lowest BCUT2D eigenvalue weighted by atomic mass is 10.2. The number of hydrogen-bond acceptors (Lipinski definition) is 4. The molecule has 0 spiro atoms. The van der Waals surface area contributed by atoms with Gasteiger partial charge in [-0.1, -0.05) is 30.3 Å². The highest BCUT2D eigenvalue weighted by Gasteiger charge is 2.18. The minimum Gasteiger partial charge on any atom is -0.491 e. The molecule has 0 atom stereocenters. The zero-order valence-electron chi connectivity index (χ0n) is 16.1. The van der Waals surface area contributed by atoms with Crippen molar-refractivity contribution in [2.45, 2.75) is 19.8 Å². The molecule has 0 radical (unpaired) electrons. The zero-order chi connectivity index (χ0) is 18.9. The van der Waals surface area contributed by atoms with Crippen LogP contribution >= 0.6 is 0 Å². The third-order valence-electron chi connectivity index (χ3n) is 4.80. The Morgan fingerprint density at radius 3 is 2.74 bits per heavy atom. The summed E-state index contributed by atoms with van der Waals surface area (Å²) >= 11 is 0. The van der Waals surface area contributed by atoms with Gasteiger partial charge in [-0.05, 0) is 44.0 Å². The predicted octanol–water partition coefficient (Wildman–Crippen LogP) is 3.31. The van der Waals surface area contributed by atoms with E-state index in [4.69, 9.17) is 4.74 Å². The predicted molar refractivity (Wildman–Crippen MR) is 111 cm³/mol. The molecule has 2 aromatic rings. The van der Waals surface area contributed by atoms with E-state index in [1.54, 1.807) is 0 Å². The number of benzene rings is 2. The fourth-order valence-electron chi connectivity index (χ4n) is 3.40. The molecule has 0 saturated heterocycles. The number of carbonyl (C=O) groups is 1. The van der Waals surface area contributed by atoms with Crippen molar-refractivity contribution in [3.8, 4) is 5.75 Å². The molecule has 0 fully saturated rings. The number of fused-ring (bicyclic) bond motifs is 1. The van der Waals surface area contributed by atoms with Crippen molar-refractivity contribution in [3.05, 3.63) is 54.6 Å². The zero-order valence-corrected chi connectivity index (χ0v) is 16.1. The van der Waals surface area contributed by atoms with Crippen molar-refractivity contribution in [1.82, 2.24) is 5.32 Å². The van der Waals surface area contributed by atoms with Crippen LogP contribution in [0.5, 0.6) is 5.75 Å². The summed E-state index contributed by atoms with van der Waals surface area (Å²) in [6, 6.07) is 18.3. The fraction of sp³-hybridized carbons (Fsp3) is 0.409. The molecular weight excluding hydrogens is 338 g/mol. The Labute approximate surface area is 161 Å². The Kier molecular flexibility index (Phi) is 6.97. The van der Waals surface area contributed by atoms with Crippen LogP contribution in [-0.4, -0.2) is 45.2 Å². The Bertz CT molecular complexity index is 721. The summed E-state index contributed by atoms with van der Waals surface area (Å²) in [6.45, 7) is 6.64. The highest BCUT2D eigenvalue weighted by Crippen LogP contribution is 2.30. The van der Waals surface area contributed by atoms with E-state index in [2.05, 4.69) is 46.3 Å². The van der Waals surface area contributed by atoms with Crippen LogP contribution in [0.2, 0.25) is 0 Å². The first kappa shape index (κ1) is 19.1. The average molecular weight is 367 g/mol. The summed E-state index contributed by atoms with van der Waals surface area (Å²) in [6.07, 6.45) is 1.85. The number of nitrogens with zero attached hydrogens (tertiary/aromatic N) is 2. The largest absolute Gasteiger partial charge is 0.491 e. The van der Waals surface area contributed by atoms with Gasteiger partial charge in [0, 0.05) is 31.9 Å². The van der Waals surface area contributed by atoms with Crippen LogP contribution in [0.15, 0.2) is 54.6 Å². The molecular formula is C22H29N3O2. The van der Waals surface area contributed by atoms with Gasteiger partial charge in [-0.15, -0.1) is 0 Å². The Morgan fingerprint density at radius 2 is 1.93 bits per heavy atom. The first-order valence-electron chi connectivity index (χ1n) is 9.81. The molecule has 1 heterocycles. The molecule has 0 aliphatic carbocycles. The Morgan fingerprint density at radius 1 is 1.15 bits per heavy atom. The summed E-state index contributed by atoms with van der Waals surface area (Å²) in [7, 11) is 0. The third kappa shape index (κ3) is 5.39. The minimum absolute atomic E-state index is 0.0643. The number of ether oxygens (including phenoxy) is 1. The van der Waals surface area contributed by atoms with E-state index in [0.29, 0.717) is 19.7 Å². The molecule has 0 aromatic heterocycles. The molecule has 1 amide bonds. The van der Waals surface area contributed by atoms with E-state index in [0.717, 1.165) is 43.9 Å². The number of hydrogen-bond donors (Lipinski definition) is 1. The van der Waals surface area contributed by atoms with Gasteiger partial charge in [-0.25, -0.2) is 0 Å². The van der Waals surface area contributed by atoms with E-state index in [1.807, 2.05) is 30.3 Å². The molecule has 27 heavy (non-hydrogen) atoms. The quantitative estimate of drug-likeness (QED) is 0.727. The van der Waals surface area contributed by atoms with E-state index in [-0.39, 0.29) is 5.91 Å². The van der Waals surface area contributed by atoms with E-state index in [1.165, 1.54) is 5.69 Å². The topological polar surface area (TPSA) is 44.8 Å². The van der Waals surface area contributed by atoms with Crippen molar-refractivity contribution >= 4 is 17.3 Å². The third-order valence-corrected chi connectivity index (χ3v) is 4.80. The lowest BCUT2D eigenvalue weighted by Crippen LogP contribution is -2.38. The van der Waals surface area contributed by atoms with E-state index >= 15 is 0 Å². The second-order valence-corrected chi connectivity index (χ2v) is 6.71. The molecule has 1 aliphatic heterocycles. The summed E-state index contributed by atoms with van der Waals surface area (Å²) in [5.41, 5.74) is 2.24. The lowest BCUT2D eigenvalue weighted by Gasteiger charge is -2.24. The summed E-state index contributed by atoms with van der Waals surface area (Å²) in [5.74, 6) is 0.929. The van der Waals surface area contributed by atoms with Gasteiger partial charge in [0.25, 0.3) is 0 Å². The van der Waals surface area contributed by atoms with Crippen molar-refractivity contribution in [2.75, 3.05) is 49.1 Å². The van der Waals surface area contributed by atoms with Crippen molar-refractivity contribution in [2.24, 2.45) is 0 Å². The molecule has 1 aliphatic rings. The number of carbonyl (C=O) groups excluding carboxylic acids is 1. The van der Waals surface area contributed by atoms with Gasteiger partial charge >= 0.3 is 0 Å². The van der Waals surface area contributed by atoms with Gasteiger partial charge < -0.3 is 19.9 Å². The van der Waals surface area contributed by atoms with Gasteiger partial charge in [0.2, 0.25) is 5.91 Å². The van der Waals surface area contributed by atoms with Crippen molar-refractivity contribution < 1.29 is 9.53 Å². The first-order valence-corrected chi connectivity index (χ1v) is 9.81. The van der Waals surface area contributed by atoms with Crippen LogP contribution in [0.3, 0.4) is 0 Å². The fourth-order valence-corrected chi connectivity index (χ4v) is 3.40. The average Bonchev–Trinajstić information content (AvgIpc) is 2.91. The number of para-hydroxylation sites is 3. The SMILES string of the molecule is CCN(CCCNC(=O)CN1CCCOc2ccccc21)c1ccccc1. The van der Waals surface area contributed by atoms with Crippen LogP contribution in [0.4, 0.5) is 11.4 Å². The molecule has 0 saturated carbocycles. The Balaban J connectivity index is 1.45. The van der Waals surface area contributed by atoms with Crippen molar-refractivity contribution in [3.63, 3.8) is 0 Å². The number of nitrogens with one attached hydrogen (secondary N) is 1. The highest BCUT2D eigenvalue weighted by atomic mass is 16.5. The number of amides is 1. The van der Waals surface area contributed by atoms with Gasteiger partial charge in [-0.3, -0.25) is 4.79 Å². The molecule has 1 N–H and O–H groups in total. The molecule has 0 unspecified atom stereocenters. The monoisotopic (exact) mass is 367 g/mol. The molecule has 0 bridgehead atoms. The second-order valence-electron chi connectivity index (χ2n) is 6.71. The number of rotatable bonds is 8. The van der Waals surface area contributed by atoms with Crippen LogP contribution in [-0.2, 0) is 4.79 Å². The maximum absolute atomic E-state index is 12.4. The van der Waals surface area contributed by atoms with Crippen LogP contribution in [0, 0.1) is 0 Å². The molecule has 2 aromatic carbocycles. The number of anilines is 2. The minimum atomic E-state index is 0.0643. The summed E-state index contributed by atoms with van der Waals surface area (Å²) in [4.78, 5) is 16.8. The maximum Gasteiger partial charge on any atom is 0.239 e. The van der Waals surface area contributed by atoms with E-state index in [9.17, 15) is 4.79 Å². The van der Waals surface area contributed by atoms with Gasteiger partial charge in [-0.2, -0.15) is 0 Å². The maximum atomic E-state index is 12.4. The van der Waals surface area contributed by atoms with Gasteiger partial charge in [0.1, 0.15) is 5.75 Å². The van der Waals surface area contributed by atoms with Crippen molar-refractivity contribution in [1.29, 1.82) is 0 Å². The standard InChI is InChI=1S/C22H29N3O2/c1-2-24(19-10-4-3-5-11-19)15-8-14-23-22(26)18-25-16-9-17-27-21-13-7-6-12-20(21)25/h3-7,10-13H,2,8-9,14-18H2,1H3,(H,23,26). The highest BCUT2D eigenvalue weighted by molar-refractivity contribution is 5.82.